The number of urea groups is 1. The van der Waals surface area contributed by atoms with E-state index in [9.17, 15) is 29.1 Å². The number of carbonyl (C=O) groups is 5. The van der Waals surface area contributed by atoms with Gasteiger partial charge in [-0.2, -0.15) is 0 Å². The first kappa shape index (κ1) is 35.2. The van der Waals surface area contributed by atoms with E-state index in [-0.39, 0.29) is 65.1 Å². The Hall–Kier alpha value is -4.44. The maximum absolute atomic E-state index is 10.3. The van der Waals surface area contributed by atoms with E-state index in [2.05, 4.69) is 15.0 Å². The largest absolute Gasteiger partial charge is 0.543 e. The molecule has 2 aromatic heterocycles. The number of aromatic nitrogens is 2. The van der Waals surface area contributed by atoms with Gasteiger partial charge in [0.2, 0.25) is 0 Å². The van der Waals surface area contributed by atoms with Gasteiger partial charge >= 0.3 is 23.9 Å². The zero-order valence-corrected chi connectivity index (χ0v) is 20.6. The topological polar surface area (TPSA) is 313 Å². The summed E-state index contributed by atoms with van der Waals surface area (Å²) in [6, 6.07) is 7.17. The number of primary amides is 1. The minimum atomic E-state index is -1.49. The number of pyridine rings is 2. The Morgan fingerprint density at radius 3 is 1.46 bits per heavy atom. The number of nitrogens with zero attached hydrogens (tertiary/aromatic N) is 3. The Morgan fingerprint density at radius 1 is 0.800 bits per heavy atom. The molecular weight excluding hydrogens is 528 g/mol. The van der Waals surface area contributed by atoms with E-state index < -0.39 is 23.9 Å². The summed E-state index contributed by atoms with van der Waals surface area (Å²) in [5.41, 5.74) is 3.92. The van der Waals surface area contributed by atoms with Crippen molar-refractivity contribution >= 4 is 35.7 Å². The molecule has 0 spiro atoms. The van der Waals surface area contributed by atoms with Crippen LogP contribution in [0.25, 0.3) is 0 Å². The molecule has 1 aliphatic heterocycles. The molecule has 0 atom stereocenters. The van der Waals surface area contributed by atoms with Gasteiger partial charge in [0.25, 0.3) is 0 Å². The average molecular weight is 547 g/mol. The monoisotopic (exact) mass is 545 g/mol. The molecule has 11 N–H and O–H groups in total. The van der Waals surface area contributed by atoms with Crippen LogP contribution in [-0.4, -0.2) is 72.0 Å². The van der Waals surface area contributed by atoms with Gasteiger partial charge in [-0.3, -0.25) is 0 Å². The fourth-order valence-corrected chi connectivity index (χ4v) is 1.77. The normalized spacial score (nSPS) is 10.6. The number of aromatic carboxylic acids is 4. The molecule has 184 valence electrons. The molecule has 2 aromatic rings. The Morgan fingerprint density at radius 2 is 1.17 bits per heavy atom. The van der Waals surface area contributed by atoms with Crippen molar-refractivity contribution in [3.8, 4) is 0 Å². The molecule has 0 unspecified atom stereocenters. The summed E-state index contributed by atoms with van der Waals surface area (Å²) in [6.07, 6.45) is 3.14. The Labute approximate surface area is 208 Å². The second kappa shape index (κ2) is 17.1. The zero-order valence-electron chi connectivity index (χ0n) is 17.6. The predicted octanol–water partition coefficient (Wildman–Crippen LogP) is -3.48. The van der Waals surface area contributed by atoms with Gasteiger partial charge in [-0.15, -0.1) is 4.99 Å². The van der Waals surface area contributed by atoms with Crippen LogP contribution >= 0.6 is 0 Å². The number of hydrogen-bond donors (Lipinski definition) is 5. The van der Waals surface area contributed by atoms with E-state index in [1.807, 2.05) is 0 Å². The van der Waals surface area contributed by atoms with E-state index in [0.717, 1.165) is 0 Å². The smallest absolute Gasteiger partial charge is 0.445 e. The molecule has 0 radical (unpaired) electrons. The van der Waals surface area contributed by atoms with Crippen molar-refractivity contribution in [2.75, 3.05) is 0 Å². The van der Waals surface area contributed by atoms with Gasteiger partial charge in [-0.05, 0) is 24.3 Å². The summed E-state index contributed by atoms with van der Waals surface area (Å²) >= 11 is 0. The van der Waals surface area contributed by atoms with Crippen LogP contribution in [0, 0.1) is 0 Å². The molecule has 3 heterocycles. The third kappa shape index (κ3) is 13.0. The van der Waals surface area contributed by atoms with Gasteiger partial charge in [0.15, 0.2) is 0 Å². The molecule has 35 heavy (non-hydrogen) atoms. The van der Waals surface area contributed by atoms with Gasteiger partial charge in [0, 0.05) is 25.6 Å². The van der Waals surface area contributed by atoms with E-state index in [0.29, 0.717) is 0 Å². The molecule has 16 nitrogen and oxygen atoms in total. The quantitative estimate of drug-likeness (QED) is 0.233. The van der Waals surface area contributed by atoms with Crippen molar-refractivity contribution in [3.63, 3.8) is 0 Å². The number of carbonyl (C=O) groups excluding carboxylic acids is 2. The van der Waals surface area contributed by atoms with E-state index in [1.54, 1.807) is 12.3 Å². The number of carboxylic acids is 4. The average Bonchev–Trinajstić information content (AvgIpc) is 2.74. The van der Waals surface area contributed by atoms with E-state index in [4.69, 9.17) is 21.1 Å². The number of quaternary nitrogens is 1. The van der Waals surface area contributed by atoms with Crippen molar-refractivity contribution in [2.24, 2.45) is 10.7 Å². The van der Waals surface area contributed by atoms with Gasteiger partial charge in [0.1, 0.15) is 29.1 Å². The van der Waals surface area contributed by atoms with Crippen LogP contribution in [0.3, 0.4) is 0 Å². The number of hydrogen-bond acceptors (Lipinski definition) is 9. The van der Waals surface area contributed by atoms with Crippen LogP contribution < -0.4 is 16.2 Å². The Balaban J connectivity index is -0.000000429. The molecule has 0 bridgehead atoms. The van der Waals surface area contributed by atoms with Gasteiger partial charge < -0.3 is 41.9 Å². The van der Waals surface area contributed by atoms with Crippen LogP contribution in [0.15, 0.2) is 53.7 Å². The molecule has 0 aromatic carbocycles. The Kier molecular flexibility index (Phi) is 17.2. The number of amidine groups is 1. The third-order valence-electron chi connectivity index (χ3n) is 3.11. The summed E-state index contributed by atoms with van der Waals surface area (Å²) in [5.74, 6) is -4.95. The van der Waals surface area contributed by atoms with Gasteiger partial charge in [0.05, 0.1) is 11.7 Å². The number of carboxylic acid groups (broad SMARTS) is 4. The molecule has 0 saturated carbocycles. The second-order valence-electron chi connectivity index (χ2n) is 5.42. The fourth-order valence-electron chi connectivity index (χ4n) is 1.77. The molecular formula is C18H19N5O11Zn. The van der Waals surface area contributed by atoms with Crippen LogP contribution in [-0.2, 0) is 19.5 Å². The van der Waals surface area contributed by atoms with E-state index in [1.165, 1.54) is 41.7 Å². The summed E-state index contributed by atoms with van der Waals surface area (Å²) in [6.45, 7) is 0. The van der Waals surface area contributed by atoms with Crippen molar-refractivity contribution in [3.05, 3.63) is 71.4 Å². The van der Waals surface area contributed by atoms with Crippen molar-refractivity contribution in [1.29, 1.82) is 0 Å². The summed E-state index contributed by atoms with van der Waals surface area (Å²) in [5, 5.41) is 36.9. The molecule has 0 fully saturated rings. The maximum atomic E-state index is 10.3. The standard InChI is InChI=1S/2C7H5NO4.C4H5N3O.2H2O.Zn/c2*9-6(10)4-2-1-3-5(8-4)7(11)12;5-3-1-2-6-4(8)7-3;;;/h2*1-3H,(H,9,10)(H,11,12);1-2H,(H3,5,6,7,8);2*1H2;. The molecule has 17 heteroatoms. The number of aliphatic imine (C=N–C) groups is 1. The third-order valence-corrected chi connectivity index (χ3v) is 3.11. The van der Waals surface area contributed by atoms with Crippen molar-refractivity contribution < 1.29 is 80.1 Å². The number of amides is 2. The molecule has 2 amide bonds. The first-order valence-electron chi connectivity index (χ1n) is 8.26. The summed E-state index contributed by atoms with van der Waals surface area (Å²) in [4.78, 5) is 61.5. The minimum Gasteiger partial charge on any atom is -0.543 e. The molecule has 0 aliphatic carbocycles. The van der Waals surface area contributed by atoms with Crippen molar-refractivity contribution in [2.45, 2.75) is 0 Å². The molecule has 3 rings (SSSR count). The fraction of sp³-hybridized carbons (Fsp3) is 0. The zero-order chi connectivity index (χ0) is 24.3. The summed E-state index contributed by atoms with van der Waals surface area (Å²) in [7, 11) is 0. The van der Waals surface area contributed by atoms with Crippen LogP contribution in [0.2, 0.25) is 0 Å². The van der Waals surface area contributed by atoms with Crippen molar-refractivity contribution in [1.82, 2.24) is 9.97 Å². The second-order valence-corrected chi connectivity index (χ2v) is 5.42. The van der Waals surface area contributed by atoms with Crippen LogP contribution in [0.5, 0.6) is 0 Å². The van der Waals surface area contributed by atoms with Crippen LogP contribution in [0.4, 0.5) is 4.79 Å². The number of rotatable bonds is 4. The number of nitrogens with two attached hydrogens (primary N) is 2. The minimum absolute atomic E-state index is 0. The molecule has 1 aliphatic rings. The SMILES string of the molecule is NC1=NC(=O)[NH2+]C=C1.O.O.O=C(O)c1cccc(C(=O)O)n1.O=C([O-])c1cccc(C(=O)O)n1.[Zn]. The van der Waals surface area contributed by atoms with Crippen LogP contribution in [0.1, 0.15) is 42.0 Å². The Bertz CT molecular complexity index is 996. The van der Waals surface area contributed by atoms with E-state index >= 15 is 0 Å². The van der Waals surface area contributed by atoms with Gasteiger partial charge in [-0.25, -0.2) is 34.5 Å². The molecule has 0 saturated heterocycles. The van der Waals surface area contributed by atoms with Gasteiger partial charge in [-0.1, -0.05) is 12.1 Å². The predicted molar refractivity (Wildman–Crippen MR) is 109 cm³/mol. The summed E-state index contributed by atoms with van der Waals surface area (Å²) < 4.78 is 0. The first-order valence-corrected chi connectivity index (χ1v) is 8.26. The maximum Gasteiger partial charge on any atom is 0.445 e. The first-order chi connectivity index (χ1) is 15.0.